The second-order valence-electron chi connectivity index (χ2n) is 16.6. The van der Waals surface area contributed by atoms with Gasteiger partial charge < -0.3 is 4.90 Å². The molecule has 270 valence electrons. The largest absolute Gasteiger partial charge is 0.310 e. The van der Waals surface area contributed by atoms with E-state index in [0.717, 1.165) is 5.69 Å². The van der Waals surface area contributed by atoms with E-state index < -0.39 is 0 Å². The normalized spacial score (nSPS) is 13.1. The molecule has 57 heavy (non-hydrogen) atoms. The van der Waals surface area contributed by atoms with Crippen LogP contribution in [0.4, 0.5) is 17.1 Å². The van der Waals surface area contributed by atoms with E-state index in [-0.39, 0.29) is 12.1 Å². The molecule has 0 aromatic heterocycles. The van der Waals surface area contributed by atoms with Gasteiger partial charge in [0.15, 0.2) is 0 Å². The third kappa shape index (κ3) is 5.10. The highest BCUT2D eigenvalue weighted by molar-refractivity contribution is 6.97. The summed E-state index contributed by atoms with van der Waals surface area (Å²) >= 11 is 0. The minimum absolute atomic E-state index is 0.101. The van der Waals surface area contributed by atoms with Gasteiger partial charge in [-0.25, -0.2) is 0 Å². The van der Waals surface area contributed by atoms with E-state index in [1.807, 2.05) is 0 Å². The monoisotopic (exact) mass is 727 g/mol. The number of hydrogen-bond acceptors (Lipinski definition) is 1. The van der Waals surface area contributed by atoms with Crippen LogP contribution in [0.5, 0.6) is 0 Å². The van der Waals surface area contributed by atoms with Gasteiger partial charge >= 0.3 is 0 Å². The van der Waals surface area contributed by atoms with Crippen molar-refractivity contribution in [3.63, 3.8) is 0 Å². The van der Waals surface area contributed by atoms with Gasteiger partial charge in [0.2, 0.25) is 6.71 Å². The number of nitrogens with zero attached hydrogens (tertiary/aromatic N) is 1. The van der Waals surface area contributed by atoms with E-state index in [0.29, 0.717) is 0 Å². The molecule has 10 aromatic rings. The summed E-state index contributed by atoms with van der Waals surface area (Å²) in [5.74, 6) is 0. The topological polar surface area (TPSA) is 3.24 Å². The highest BCUT2D eigenvalue weighted by Gasteiger charge is 2.36. The molecule has 0 amide bonds. The van der Waals surface area contributed by atoms with Crippen LogP contribution < -0.4 is 21.3 Å². The lowest BCUT2D eigenvalue weighted by atomic mass is 9.35. The van der Waals surface area contributed by atoms with Gasteiger partial charge in [-0.15, -0.1) is 0 Å². The Labute approximate surface area is 335 Å². The van der Waals surface area contributed by atoms with E-state index in [2.05, 4.69) is 215 Å². The summed E-state index contributed by atoms with van der Waals surface area (Å²) < 4.78 is 0. The molecule has 2 heteroatoms. The Kier molecular flexibility index (Phi) is 7.50. The fourth-order valence-electron chi connectivity index (χ4n) is 10.2. The number of benzene rings is 10. The minimum atomic E-state index is -0.110. The summed E-state index contributed by atoms with van der Waals surface area (Å²) in [6.07, 6.45) is 0. The Balaban J connectivity index is 1.17. The van der Waals surface area contributed by atoms with Crippen molar-refractivity contribution in [2.45, 2.75) is 33.1 Å². The summed E-state index contributed by atoms with van der Waals surface area (Å²) in [4.78, 5) is 2.50. The Morgan fingerprint density at radius 2 is 0.947 bits per heavy atom. The first-order chi connectivity index (χ1) is 27.9. The van der Waals surface area contributed by atoms with Gasteiger partial charge in [0, 0.05) is 22.2 Å². The van der Waals surface area contributed by atoms with Gasteiger partial charge in [-0.3, -0.25) is 0 Å². The first-order valence-corrected chi connectivity index (χ1v) is 20.2. The Morgan fingerprint density at radius 3 is 1.70 bits per heavy atom. The van der Waals surface area contributed by atoms with Gasteiger partial charge in [-0.05, 0) is 104 Å². The number of anilines is 3. The van der Waals surface area contributed by atoms with Crippen molar-refractivity contribution >= 4 is 83.3 Å². The van der Waals surface area contributed by atoms with E-state index in [1.165, 1.54) is 104 Å². The molecule has 0 aliphatic heterocycles. The maximum absolute atomic E-state index is 2.50. The van der Waals surface area contributed by atoms with Crippen molar-refractivity contribution in [2.24, 2.45) is 0 Å². The van der Waals surface area contributed by atoms with Gasteiger partial charge in [0.1, 0.15) is 0 Å². The smallest absolute Gasteiger partial charge is 0.242 e. The standard InChI is InChI=1S/C55H42BN/c1-35-13-5-11-19-49(35)56(50-20-12-6-14-36(50)2)51-31-24-38-23-29-46-52(32-25-39-22-28-45(51)53(38)54(39)46)57(41-26-21-37-15-7-8-16-40(37)33-41)42-27-30-44-43-17-9-10-18-47(43)55(3,4)48(44)34-42/h5-34H,1-4H3. The SMILES string of the molecule is Cc1ccccc1B(c1ccccc1C)c1ccc2ccc3c(N(c4ccc5c(c4)C(C)(C)c4ccccc4-5)c4ccc5ccccc5c4)ccc4ccc1c2c43. The predicted molar refractivity (Wildman–Crippen MR) is 247 cm³/mol. The number of fused-ring (bicyclic) bond motifs is 4. The van der Waals surface area contributed by atoms with Crippen LogP contribution in [0.15, 0.2) is 182 Å². The van der Waals surface area contributed by atoms with E-state index in [1.54, 1.807) is 0 Å². The summed E-state index contributed by atoms with van der Waals surface area (Å²) in [5.41, 5.74) is 15.5. The van der Waals surface area contributed by atoms with Gasteiger partial charge in [0.25, 0.3) is 0 Å². The quantitative estimate of drug-likeness (QED) is 0.122. The summed E-state index contributed by atoms with van der Waals surface area (Å²) in [6, 6.07) is 68.4. The zero-order valence-corrected chi connectivity index (χ0v) is 32.8. The van der Waals surface area contributed by atoms with Crippen LogP contribution in [-0.2, 0) is 5.41 Å². The van der Waals surface area contributed by atoms with Crippen molar-refractivity contribution in [3.05, 3.63) is 204 Å². The zero-order valence-electron chi connectivity index (χ0n) is 32.8. The lowest BCUT2D eigenvalue weighted by molar-refractivity contribution is 0.660. The minimum Gasteiger partial charge on any atom is -0.310 e. The molecule has 1 nitrogen and oxygen atoms in total. The molecular formula is C55H42BN. The average molecular weight is 728 g/mol. The van der Waals surface area contributed by atoms with Crippen molar-refractivity contribution < 1.29 is 0 Å². The maximum Gasteiger partial charge on any atom is 0.242 e. The third-order valence-electron chi connectivity index (χ3n) is 13.0. The second-order valence-corrected chi connectivity index (χ2v) is 16.6. The fourth-order valence-corrected chi connectivity index (χ4v) is 10.2. The first-order valence-electron chi connectivity index (χ1n) is 20.2. The van der Waals surface area contributed by atoms with E-state index >= 15 is 0 Å². The van der Waals surface area contributed by atoms with Crippen LogP contribution in [0.25, 0.3) is 54.2 Å². The highest BCUT2D eigenvalue weighted by Crippen LogP contribution is 2.51. The summed E-state index contributed by atoms with van der Waals surface area (Å²) in [6.45, 7) is 9.35. The van der Waals surface area contributed by atoms with Crippen molar-refractivity contribution in [2.75, 3.05) is 4.90 Å². The molecule has 1 aliphatic rings. The van der Waals surface area contributed by atoms with Crippen molar-refractivity contribution in [3.8, 4) is 11.1 Å². The number of aryl methyl sites for hydroxylation is 2. The van der Waals surface area contributed by atoms with Crippen LogP contribution in [0, 0.1) is 13.8 Å². The number of rotatable bonds is 6. The number of hydrogen-bond donors (Lipinski definition) is 0. The van der Waals surface area contributed by atoms with Crippen molar-refractivity contribution in [1.82, 2.24) is 0 Å². The molecule has 10 aromatic carbocycles. The Morgan fingerprint density at radius 1 is 0.404 bits per heavy atom. The van der Waals surface area contributed by atoms with Crippen LogP contribution >= 0.6 is 0 Å². The molecule has 0 saturated carbocycles. The molecule has 0 fully saturated rings. The van der Waals surface area contributed by atoms with Crippen LogP contribution in [0.2, 0.25) is 0 Å². The molecule has 1 aliphatic carbocycles. The lowest BCUT2D eigenvalue weighted by Crippen LogP contribution is -2.54. The molecule has 0 radical (unpaired) electrons. The Hall–Kier alpha value is -6.64. The Bertz CT molecular complexity index is 3160. The zero-order chi connectivity index (χ0) is 38.4. The van der Waals surface area contributed by atoms with Crippen LogP contribution in [-0.4, -0.2) is 6.71 Å². The van der Waals surface area contributed by atoms with Gasteiger partial charge in [-0.2, -0.15) is 0 Å². The molecular weight excluding hydrogens is 685 g/mol. The summed E-state index contributed by atoms with van der Waals surface area (Å²) in [5, 5.41) is 10.2. The predicted octanol–water partition coefficient (Wildman–Crippen LogP) is 12.6. The highest BCUT2D eigenvalue weighted by atomic mass is 15.1. The molecule has 0 N–H and O–H groups in total. The van der Waals surface area contributed by atoms with Gasteiger partial charge in [0.05, 0.1) is 5.69 Å². The molecule has 0 spiro atoms. The molecule has 0 atom stereocenters. The van der Waals surface area contributed by atoms with Crippen LogP contribution in [0.1, 0.15) is 36.1 Å². The fraction of sp³-hybridized carbons (Fsp3) is 0.0909. The third-order valence-corrected chi connectivity index (χ3v) is 13.0. The maximum atomic E-state index is 2.50. The second kappa shape index (κ2) is 12.7. The van der Waals surface area contributed by atoms with E-state index in [9.17, 15) is 0 Å². The van der Waals surface area contributed by atoms with Crippen LogP contribution in [0.3, 0.4) is 0 Å². The average Bonchev–Trinajstić information content (AvgIpc) is 3.47. The summed E-state index contributed by atoms with van der Waals surface area (Å²) in [7, 11) is 0. The first kappa shape index (κ1) is 33.7. The molecule has 0 unspecified atom stereocenters. The molecule has 11 rings (SSSR count). The van der Waals surface area contributed by atoms with Gasteiger partial charge in [-0.1, -0.05) is 193 Å². The molecule has 0 heterocycles. The molecule has 0 bridgehead atoms. The molecule has 0 saturated heterocycles. The lowest BCUT2D eigenvalue weighted by Gasteiger charge is -2.30. The van der Waals surface area contributed by atoms with Crippen molar-refractivity contribution in [1.29, 1.82) is 0 Å². The van der Waals surface area contributed by atoms with E-state index in [4.69, 9.17) is 0 Å².